The van der Waals surface area contributed by atoms with Crippen LogP contribution in [0.4, 0.5) is 23.7 Å². The lowest BCUT2D eigenvalue weighted by Crippen LogP contribution is -2.28. The number of thioether (sulfide) groups is 1. The maximum Gasteiger partial charge on any atom is 0.416 e. The van der Waals surface area contributed by atoms with Gasteiger partial charge in [-0.05, 0) is 41.6 Å². The Morgan fingerprint density at radius 1 is 0.962 bits per heavy atom. The van der Waals surface area contributed by atoms with E-state index >= 15 is 0 Å². The van der Waals surface area contributed by atoms with Gasteiger partial charge in [-0.3, -0.25) is 14.4 Å². The van der Waals surface area contributed by atoms with Crippen LogP contribution in [0.5, 0.6) is 0 Å². The third kappa shape index (κ3) is 3.55. The predicted octanol–water partition coefficient (Wildman–Crippen LogP) is 4.76. The summed E-state index contributed by atoms with van der Waals surface area (Å²) >= 11 is 0.643. The zero-order valence-electron chi connectivity index (χ0n) is 13.0. The average Bonchev–Trinajstić information content (AvgIpc) is 2.88. The average molecular weight is 377 g/mol. The van der Waals surface area contributed by atoms with E-state index in [-0.39, 0.29) is 10.6 Å². The van der Waals surface area contributed by atoms with E-state index in [1.165, 1.54) is 12.1 Å². The summed E-state index contributed by atoms with van der Waals surface area (Å²) in [5.74, 6) is -0.696. The summed E-state index contributed by atoms with van der Waals surface area (Å²) in [7, 11) is 0. The molecule has 1 saturated heterocycles. The summed E-state index contributed by atoms with van der Waals surface area (Å²) in [5, 5.41) is -0.676. The molecular formula is C18H10F3NO3S. The summed E-state index contributed by atoms with van der Waals surface area (Å²) in [6, 6.07) is 10.3. The SMILES string of the molecule is O=Cc1ccc(/C=C2\SC(=O)N(c3cccc(C(F)(F)F)c3)C2=O)cc1. The first kappa shape index (κ1) is 17.9. The summed E-state index contributed by atoms with van der Waals surface area (Å²) in [6.07, 6.45) is -2.45. The summed E-state index contributed by atoms with van der Waals surface area (Å²) < 4.78 is 38.5. The van der Waals surface area contributed by atoms with Gasteiger partial charge in [0.05, 0.1) is 16.2 Å². The van der Waals surface area contributed by atoms with Crippen molar-refractivity contribution in [3.63, 3.8) is 0 Å². The number of halogens is 3. The Morgan fingerprint density at radius 2 is 1.62 bits per heavy atom. The minimum Gasteiger partial charge on any atom is -0.298 e. The molecule has 4 nitrogen and oxygen atoms in total. The fourth-order valence-corrected chi connectivity index (χ4v) is 3.18. The minimum absolute atomic E-state index is 0.0891. The maximum atomic E-state index is 12.8. The highest BCUT2D eigenvalue weighted by molar-refractivity contribution is 8.19. The Balaban J connectivity index is 1.91. The third-order valence-corrected chi connectivity index (χ3v) is 4.47. The van der Waals surface area contributed by atoms with Gasteiger partial charge >= 0.3 is 6.18 Å². The lowest BCUT2D eigenvalue weighted by Gasteiger charge is -2.14. The van der Waals surface area contributed by atoms with Crippen molar-refractivity contribution in [1.29, 1.82) is 0 Å². The third-order valence-electron chi connectivity index (χ3n) is 3.60. The van der Waals surface area contributed by atoms with Gasteiger partial charge in [-0.15, -0.1) is 0 Å². The van der Waals surface area contributed by atoms with Crippen LogP contribution >= 0.6 is 11.8 Å². The van der Waals surface area contributed by atoms with Crippen molar-refractivity contribution in [1.82, 2.24) is 0 Å². The van der Waals surface area contributed by atoms with Gasteiger partial charge in [0, 0.05) is 5.56 Å². The van der Waals surface area contributed by atoms with Crippen LogP contribution < -0.4 is 4.90 Å². The number of imide groups is 1. The molecule has 0 aromatic heterocycles. The molecule has 2 aromatic carbocycles. The normalized spacial score (nSPS) is 16.4. The minimum atomic E-state index is -4.58. The molecule has 1 fully saturated rings. The number of amides is 2. The van der Waals surface area contributed by atoms with Crippen molar-refractivity contribution >= 4 is 41.0 Å². The van der Waals surface area contributed by atoms with Gasteiger partial charge in [-0.2, -0.15) is 13.2 Å². The van der Waals surface area contributed by atoms with Crippen molar-refractivity contribution in [2.45, 2.75) is 6.18 Å². The lowest BCUT2D eigenvalue weighted by atomic mass is 10.1. The van der Waals surface area contributed by atoms with E-state index in [1.54, 1.807) is 24.3 Å². The van der Waals surface area contributed by atoms with Gasteiger partial charge in [0.25, 0.3) is 11.1 Å². The van der Waals surface area contributed by atoms with Gasteiger partial charge < -0.3 is 0 Å². The molecule has 0 atom stereocenters. The number of anilines is 1. The Labute approximate surface area is 150 Å². The topological polar surface area (TPSA) is 54.5 Å². The van der Waals surface area contributed by atoms with E-state index in [9.17, 15) is 27.6 Å². The van der Waals surface area contributed by atoms with Crippen molar-refractivity contribution < 1.29 is 27.6 Å². The lowest BCUT2D eigenvalue weighted by molar-refractivity contribution is -0.137. The second-order valence-corrected chi connectivity index (χ2v) is 6.34. The standard InChI is InChI=1S/C18H10F3NO3S/c19-18(20,21)13-2-1-3-14(9-13)22-16(24)15(26-17(22)25)8-11-4-6-12(10-23)7-5-11/h1-10H/b15-8-. The number of rotatable bonds is 3. The predicted molar refractivity (Wildman–Crippen MR) is 91.7 cm³/mol. The van der Waals surface area contributed by atoms with E-state index < -0.39 is 22.9 Å². The van der Waals surface area contributed by atoms with Gasteiger partial charge in [0.1, 0.15) is 6.29 Å². The number of hydrogen-bond acceptors (Lipinski definition) is 4. The molecule has 26 heavy (non-hydrogen) atoms. The van der Waals surface area contributed by atoms with E-state index in [2.05, 4.69) is 0 Å². The molecule has 2 aromatic rings. The number of nitrogens with zero attached hydrogens (tertiary/aromatic N) is 1. The molecule has 0 unspecified atom stereocenters. The highest BCUT2D eigenvalue weighted by atomic mass is 32.2. The summed E-state index contributed by atoms with van der Waals surface area (Å²) in [5.41, 5.74) is -0.0335. The Kier molecular flexibility index (Phi) is 4.69. The molecule has 0 N–H and O–H groups in total. The van der Waals surface area contributed by atoms with Crippen LogP contribution in [0.1, 0.15) is 21.5 Å². The number of alkyl halides is 3. The van der Waals surface area contributed by atoms with Crippen LogP contribution in [0.15, 0.2) is 53.4 Å². The molecule has 1 heterocycles. The van der Waals surface area contributed by atoms with Crippen LogP contribution in [0.2, 0.25) is 0 Å². The zero-order chi connectivity index (χ0) is 18.9. The van der Waals surface area contributed by atoms with Crippen LogP contribution in [-0.2, 0) is 11.0 Å². The molecule has 132 valence electrons. The van der Waals surface area contributed by atoms with Gasteiger partial charge in [-0.1, -0.05) is 30.3 Å². The maximum absolute atomic E-state index is 12.8. The highest BCUT2D eigenvalue weighted by Crippen LogP contribution is 2.38. The zero-order valence-corrected chi connectivity index (χ0v) is 13.8. The molecule has 0 radical (unpaired) electrons. The quantitative estimate of drug-likeness (QED) is 0.572. The van der Waals surface area contributed by atoms with Crippen molar-refractivity contribution in [2.75, 3.05) is 4.90 Å². The van der Waals surface area contributed by atoms with E-state index in [4.69, 9.17) is 0 Å². The van der Waals surface area contributed by atoms with Crippen LogP contribution in [0.3, 0.4) is 0 Å². The Hall–Kier alpha value is -2.87. The summed E-state index contributed by atoms with van der Waals surface area (Å²) in [4.78, 5) is 36.1. The molecule has 0 saturated carbocycles. The Morgan fingerprint density at radius 3 is 2.23 bits per heavy atom. The molecule has 8 heteroatoms. The van der Waals surface area contributed by atoms with Gasteiger partial charge in [0.2, 0.25) is 0 Å². The molecule has 1 aliphatic heterocycles. The molecule has 0 bridgehead atoms. The molecule has 0 aliphatic carbocycles. The number of aldehydes is 1. The van der Waals surface area contributed by atoms with E-state index in [0.717, 1.165) is 18.2 Å². The molecule has 1 aliphatic rings. The first-order valence-corrected chi connectivity index (χ1v) is 8.12. The second-order valence-electron chi connectivity index (χ2n) is 5.35. The van der Waals surface area contributed by atoms with E-state index in [0.29, 0.717) is 34.1 Å². The van der Waals surface area contributed by atoms with Gasteiger partial charge in [0.15, 0.2) is 0 Å². The smallest absolute Gasteiger partial charge is 0.298 e. The van der Waals surface area contributed by atoms with Crippen LogP contribution in [-0.4, -0.2) is 17.4 Å². The highest BCUT2D eigenvalue weighted by Gasteiger charge is 2.38. The fourth-order valence-electron chi connectivity index (χ4n) is 2.33. The van der Waals surface area contributed by atoms with Crippen molar-refractivity contribution in [3.8, 4) is 0 Å². The number of benzene rings is 2. The number of carbonyl (C=O) groups excluding carboxylic acids is 3. The number of carbonyl (C=O) groups is 3. The number of hydrogen-bond donors (Lipinski definition) is 0. The first-order chi connectivity index (χ1) is 12.3. The monoisotopic (exact) mass is 377 g/mol. The van der Waals surface area contributed by atoms with E-state index in [1.807, 2.05) is 0 Å². The summed E-state index contributed by atoms with van der Waals surface area (Å²) in [6.45, 7) is 0. The first-order valence-electron chi connectivity index (χ1n) is 7.30. The van der Waals surface area contributed by atoms with Crippen LogP contribution in [0.25, 0.3) is 6.08 Å². The Bertz CT molecular complexity index is 920. The van der Waals surface area contributed by atoms with Gasteiger partial charge in [-0.25, -0.2) is 4.90 Å². The second kappa shape index (κ2) is 6.80. The van der Waals surface area contributed by atoms with Crippen molar-refractivity contribution in [3.05, 3.63) is 70.1 Å². The molecular weight excluding hydrogens is 367 g/mol. The molecule has 0 spiro atoms. The molecule has 3 rings (SSSR count). The molecule has 2 amide bonds. The van der Waals surface area contributed by atoms with Crippen LogP contribution in [0, 0.1) is 0 Å². The fraction of sp³-hybridized carbons (Fsp3) is 0.0556. The largest absolute Gasteiger partial charge is 0.416 e. The van der Waals surface area contributed by atoms with Crippen molar-refractivity contribution in [2.24, 2.45) is 0 Å².